The maximum atomic E-state index is 10.8. The fourth-order valence-corrected chi connectivity index (χ4v) is 2.77. The van der Waals surface area contributed by atoms with Gasteiger partial charge in [0.15, 0.2) is 5.66 Å². The van der Waals surface area contributed by atoms with Crippen LogP contribution in [0.5, 0.6) is 0 Å². The van der Waals surface area contributed by atoms with E-state index in [4.69, 9.17) is 23.2 Å². The standard InChI is InChI=1S/C14H13Cl2N3O/c15-12-6-5-11(7-13(12)16)18-19-14(17-8-20,9-1-2-9)10-3-4-10/h5-7,9-10H,1-4H2. The van der Waals surface area contributed by atoms with Crippen molar-refractivity contribution in [3.05, 3.63) is 28.2 Å². The lowest BCUT2D eigenvalue weighted by Gasteiger charge is -2.21. The molecule has 1 aromatic rings. The van der Waals surface area contributed by atoms with Gasteiger partial charge in [-0.25, -0.2) is 4.79 Å². The highest BCUT2D eigenvalue weighted by Crippen LogP contribution is 2.55. The van der Waals surface area contributed by atoms with Crippen LogP contribution in [0.3, 0.4) is 0 Å². The molecule has 6 heteroatoms. The van der Waals surface area contributed by atoms with Gasteiger partial charge in [0.1, 0.15) is 0 Å². The minimum absolute atomic E-state index is 0.322. The Kier molecular flexibility index (Phi) is 3.63. The second-order valence-electron chi connectivity index (χ2n) is 5.33. The number of halogens is 2. The number of benzene rings is 1. The zero-order valence-corrected chi connectivity index (χ0v) is 12.2. The Hall–Kier alpha value is -1.22. The molecule has 2 aliphatic carbocycles. The number of hydrogen-bond donors (Lipinski definition) is 0. The maximum Gasteiger partial charge on any atom is 0.237 e. The summed E-state index contributed by atoms with van der Waals surface area (Å²) in [5, 5.41) is 9.55. The smallest absolute Gasteiger partial charge is 0.211 e. The first kappa shape index (κ1) is 13.7. The van der Waals surface area contributed by atoms with Gasteiger partial charge in [-0.3, -0.25) is 0 Å². The van der Waals surface area contributed by atoms with Crippen molar-refractivity contribution < 1.29 is 4.79 Å². The van der Waals surface area contributed by atoms with Crippen molar-refractivity contribution in [1.82, 2.24) is 0 Å². The molecule has 0 aliphatic heterocycles. The molecule has 0 aromatic heterocycles. The number of carbonyl (C=O) groups excluding carboxylic acids is 1. The van der Waals surface area contributed by atoms with E-state index in [2.05, 4.69) is 15.2 Å². The van der Waals surface area contributed by atoms with E-state index < -0.39 is 5.66 Å². The Balaban J connectivity index is 1.90. The van der Waals surface area contributed by atoms with Crippen LogP contribution in [0.1, 0.15) is 25.7 Å². The predicted molar refractivity (Wildman–Crippen MR) is 77.3 cm³/mol. The quantitative estimate of drug-likeness (QED) is 0.432. The summed E-state index contributed by atoms with van der Waals surface area (Å²) in [6, 6.07) is 5.08. The molecule has 0 atom stereocenters. The van der Waals surface area contributed by atoms with E-state index in [1.165, 1.54) is 0 Å². The van der Waals surface area contributed by atoms with Crippen LogP contribution < -0.4 is 0 Å². The molecule has 0 radical (unpaired) electrons. The number of nitrogens with zero attached hydrogens (tertiary/aromatic N) is 3. The van der Waals surface area contributed by atoms with Crippen molar-refractivity contribution in [3.63, 3.8) is 0 Å². The molecule has 0 saturated heterocycles. The van der Waals surface area contributed by atoms with Gasteiger partial charge in [-0.2, -0.15) is 15.2 Å². The van der Waals surface area contributed by atoms with Gasteiger partial charge in [0, 0.05) is 11.8 Å². The Bertz CT molecular complexity index is 590. The highest BCUT2D eigenvalue weighted by Gasteiger charge is 2.55. The van der Waals surface area contributed by atoms with Crippen molar-refractivity contribution in [2.24, 2.45) is 27.1 Å². The first-order valence-electron chi connectivity index (χ1n) is 6.62. The molecule has 104 valence electrons. The van der Waals surface area contributed by atoms with Crippen LogP contribution in [0, 0.1) is 11.8 Å². The molecule has 2 aliphatic rings. The molecule has 0 N–H and O–H groups in total. The third kappa shape index (κ3) is 2.64. The highest BCUT2D eigenvalue weighted by atomic mass is 35.5. The summed E-state index contributed by atoms with van der Waals surface area (Å²) in [5.74, 6) is 0.644. The molecule has 4 nitrogen and oxygen atoms in total. The third-order valence-corrected chi connectivity index (χ3v) is 4.55. The summed E-state index contributed by atoms with van der Waals surface area (Å²) in [6.07, 6.45) is 5.86. The second kappa shape index (κ2) is 5.28. The molecule has 1 aromatic carbocycles. The average Bonchev–Trinajstić information content (AvgIpc) is 3.30. The van der Waals surface area contributed by atoms with Crippen LogP contribution in [0.15, 0.2) is 33.4 Å². The molecule has 0 amide bonds. The number of hydrogen-bond acceptors (Lipinski definition) is 4. The van der Waals surface area contributed by atoms with E-state index in [9.17, 15) is 4.79 Å². The summed E-state index contributed by atoms with van der Waals surface area (Å²) in [4.78, 5) is 14.8. The minimum atomic E-state index is -0.701. The molecular weight excluding hydrogens is 297 g/mol. The SMILES string of the molecule is O=C=NC(N=Nc1ccc(Cl)c(Cl)c1)(C1CC1)C1CC1. The number of azo groups is 1. The van der Waals surface area contributed by atoms with Gasteiger partial charge in [-0.15, -0.1) is 0 Å². The molecular formula is C14H13Cl2N3O. The number of rotatable bonds is 5. The Morgan fingerprint density at radius 1 is 1.10 bits per heavy atom. The van der Waals surface area contributed by atoms with Gasteiger partial charge < -0.3 is 0 Å². The van der Waals surface area contributed by atoms with E-state index in [0.29, 0.717) is 27.6 Å². The summed E-state index contributed by atoms with van der Waals surface area (Å²) in [7, 11) is 0. The molecule has 2 fully saturated rings. The van der Waals surface area contributed by atoms with Crippen molar-refractivity contribution in [2.75, 3.05) is 0 Å². The predicted octanol–water partition coefficient (Wildman–Crippen LogP) is 4.93. The summed E-state index contributed by atoms with van der Waals surface area (Å²) >= 11 is 11.8. The van der Waals surface area contributed by atoms with Gasteiger partial charge in [-0.1, -0.05) is 23.2 Å². The van der Waals surface area contributed by atoms with Gasteiger partial charge in [0.2, 0.25) is 6.08 Å². The van der Waals surface area contributed by atoms with Crippen molar-refractivity contribution in [2.45, 2.75) is 31.3 Å². The molecule has 0 heterocycles. The van der Waals surface area contributed by atoms with E-state index in [1.807, 2.05) is 0 Å². The largest absolute Gasteiger partial charge is 0.237 e. The molecule has 0 unspecified atom stereocenters. The zero-order valence-electron chi connectivity index (χ0n) is 10.7. The summed E-state index contributed by atoms with van der Waals surface area (Å²) < 4.78 is 0. The minimum Gasteiger partial charge on any atom is -0.211 e. The first-order chi connectivity index (χ1) is 9.65. The monoisotopic (exact) mass is 309 g/mol. The summed E-state index contributed by atoms with van der Waals surface area (Å²) in [5.41, 5.74) is -0.0837. The molecule has 0 spiro atoms. The fourth-order valence-electron chi connectivity index (χ4n) is 2.48. The van der Waals surface area contributed by atoms with Crippen LogP contribution in [-0.2, 0) is 4.79 Å². The molecule has 2 saturated carbocycles. The average molecular weight is 310 g/mol. The Labute approximate surface area is 126 Å². The molecule has 3 rings (SSSR count). The van der Waals surface area contributed by atoms with Gasteiger partial charge in [-0.05, 0) is 43.9 Å². The second-order valence-corrected chi connectivity index (χ2v) is 6.15. The maximum absolute atomic E-state index is 10.8. The Morgan fingerprint density at radius 2 is 1.75 bits per heavy atom. The van der Waals surface area contributed by atoms with Gasteiger partial charge in [0.05, 0.1) is 15.7 Å². The topological polar surface area (TPSA) is 54.1 Å². The van der Waals surface area contributed by atoms with Gasteiger partial charge >= 0.3 is 0 Å². The lowest BCUT2D eigenvalue weighted by molar-refractivity contribution is 0.324. The lowest BCUT2D eigenvalue weighted by atomic mass is 10.0. The third-order valence-electron chi connectivity index (χ3n) is 3.81. The number of isocyanates is 1. The lowest BCUT2D eigenvalue weighted by Crippen LogP contribution is -2.29. The van der Waals surface area contributed by atoms with Crippen LogP contribution in [0.25, 0.3) is 0 Å². The van der Waals surface area contributed by atoms with Crippen LogP contribution in [0.2, 0.25) is 10.0 Å². The normalized spacial score (nSPS) is 19.1. The van der Waals surface area contributed by atoms with Crippen LogP contribution >= 0.6 is 23.2 Å². The van der Waals surface area contributed by atoms with E-state index >= 15 is 0 Å². The van der Waals surface area contributed by atoms with E-state index in [1.54, 1.807) is 24.3 Å². The summed E-state index contributed by atoms with van der Waals surface area (Å²) in [6.45, 7) is 0. The van der Waals surface area contributed by atoms with Crippen molar-refractivity contribution >= 4 is 35.0 Å². The van der Waals surface area contributed by atoms with Crippen LogP contribution in [0.4, 0.5) is 5.69 Å². The van der Waals surface area contributed by atoms with E-state index in [0.717, 1.165) is 25.7 Å². The highest BCUT2D eigenvalue weighted by molar-refractivity contribution is 6.42. The van der Waals surface area contributed by atoms with Crippen molar-refractivity contribution in [1.29, 1.82) is 0 Å². The molecule has 20 heavy (non-hydrogen) atoms. The fraction of sp³-hybridized carbons (Fsp3) is 0.500. The van der Waals surface area contributed by atoms with Crippen molar-refractivity contribution in [3.8, 4) is 0 Å². The van der Waals surface area contributed by atoms with Gasteiger partial charge in [0.25, 0.3) is 0 Å². The van der Waals surface area contributed by atoms with E-state index in [-0.39, 0.29) is 0 Å². The Morgan fingerprint density at radius 3 is 2.25 bits per heavy atom. The first-order valence-corrected chi connectivity index (χ1v) is 7.38. The number of aliphatic imine (C=N–C) groups is 1. The molecule has 0 bridgehead atoms. The van der Waals surface area contributed by atoms with Crippen LogP contribution in [-0.4, -0.2) is 11.7 Å². The zero-order chi connectivity index (χ0) is 14.2.